The molecule has 0 bridgehead atoms. The lowest BCUT2D eigenvalue weighted by Gasteiger charge is -2.08. The molecule has 1 heterocycles. The zero-order valence-corrected chi connectivity index (χ0v) is 9.07. The zero-order valence-electron chi connectivity index (χ0n) is 8.31. The molecule has 1 N–H and O–H groups in total. The average molecular weight is 230 g/mol. The van der Waals surface area contributed by atoms with E-state index >= 15 is 0 Å². The molecule has 2 rings (SSSR count). The standard InChI is InChI=1S/C12H8ClN3/c13-9-4-1-2-5-10(9)16-11-6-3-7-15-12(11)8-14/h1-7,16H. The lowest BCUT2D eigenvalue weighted by Crippen LogP contribution is -1.95. The highest BCUT2D eigenvalue weighted by Gasteiger charge is 2.04. The Morgan fingerprint density at radius 2 is 1.88 bits per heavy atom. The van der Waals surface area contributed by atoms with Crippen LogP contribution in [0.5, 0.6) is 0 Å². The highest BCUT2D eigenvalue weighted by atomic mass is 35.5. The van der Waals surface area contributed by atoms with Crippen molar-refractivity contribution in [3.63, 3.8) is 0 Å². The average Bonchev–Trinajstić information content (AvgIpc) is 2.33. The molecule has 0 radical (unpaired) electrons. The van der Waals surface area contributed by atoms with Gasteiger partial charge in [0.15, 0.2) is 5.69 Å². The number of anilines is 2. The number of aromatic nitrogens is 1. The third-order valence-electron chi connectivity index (χ3n) is 2.06. The van der Waals surface area contributed by atoms with Crippen molar-refractivity contribution >= 4 is 23.0 Å². The number of para-hydroxylation sites is 1. The molecule has 3 nitrogen and oxygen atoms in total. The van der Waals surface area contributed by atoms with Gasteiger partial charge in [0.25, 0.3) is 0 Å². The van der Waals surface area contributed by atoms with Gasteiger partial charge in [-0.1, -0.05) is 23.7 Å². The Kier molecular flexibility index (Phi) is 3.04. The maximum atomic E-state index is 8.88. The third kappa shape index (κ3) is 2.13. The van der Waals surface area contributed by atoms with Crippen molar-refractivity contribution < 1.29 is 0 Å². The van der Waals surface area contributed by atoms with Crippen LogP contribution in [-0.2, 0) is 0 Å². The van der Waals surface area contributed by atoms with Gasteiger partial charge in [-0.2, -0.15) is 5.26 Å². The predicted molar refractivity (Wildman–Crippen MR) is 63.7 cm³/mol. The fraction of sp³-hybridized carbons (Fsp3) is 0. The van der Waals surface area contributed by atoms with Gasteiger partial charge in [-0.25, -0.2) is 4.98 Å². The quantitative estimate of drug-likeness (QED) is 0.859. The van der Waals surface area contributed by atoms with Crippen molar-refractivity contribution in [3.05, 3.63) is 53.3 Å². The second-order valence-corrected chi connectivity index (χ2v) is 3.52. The van der Waals surface area contributed by atoms with E-state index in [4.69, 9.17) is 16.9 Å². The summed E-state index contributed by atoms with van der Waals surface area (Å²) >= 11 is 6.00. The Hall–Kier alpha value is -2.05. The molecule has 0 spiro atoms. The van der Waals surface area contributed by atoms with E-state index in [0.29, 0.717) is 16.4 Å². The molecule has 78 valence electrons. The van der Waals surface area contributed by atoms with Crippen LogP contribution in [0.1, 0.15) is 5.69 Å². The topological polar surface area (TPSA) is 48.7 Å². The maximum absolute atomic E-state index is 8.88. The van der Waals surface area contributed by atoms with Crippen LogP contribution in [-0.4, -0.2) is 4.98 Å². The maximum Gasteiger partial charge on any atom is 0.163 e. The molecule has 16 heavy (non-hydrogen) atoms. The van der Waals surface area contributed by atoms with Crippen LogP contribution in [0.2, 0.25) is 5.02 Å². The van der Waals surface area contributed by atoms with Gasteiger partial charge < -0.3 is 5.32 Å². The smallest absolute Gasteiger partial charge is 0.163 e. The summed E-state index contributed by atoms with van der Waals surface area (Å²) in [5, 5.41) is 12.6. The first-order chi connectivity index (χ1) is 7.81. The Labute approximate surface area is 98.3 Å². The number of hydrogen-bond acceptors (Lipinski definition) is 3. The van der Waals surface area contributed by atoms with Crippen LogP contribution in [0.3, 0.4) is 0 Å². The van der Waals surface area contributed by atoms with E-state index in [1.54, 1.807) is 24.4 Å². The molecule has 0 saturated heterocycles. The number of benzene rings is 1. The highest BCUT2D eigenvalue weighted by Crippen LogP contribution is 2.25. The normalized spacial score (nSPS) is 9.50. The predicted octanol–water partition coefficient (Wildman–Crippen LogP) is 3.35. The first-order valence-electron chi connectivity index (χ1n) is 4.68. The minimum Gasteiger partial charge on any atom is -0.352 e. The summed E-state index contributed by atoms with van der Waals surface area (Å²) in [5.41, 5.74) is 1.76. The summed E-state index contributed by atoms with van der Waals surface area (Å²) in [6.45, 7) is 0. The molecular weight excluding hydrogens is 222 g/mol. The van der Waals surface area contributed by atoms with Gasteiger partial charge in [0, 0.05) is 6.20 Å². The highest BCUT2D eigenvalue weighted by molar-refractivity contribution is 6.33. The summed E-state index contributed by atoms with van der Waals surface area (Å²) in [6.07, 6.45) is 1.58. The number of pyridine rings is 1. The van der Waals surface area contributed by atoms with Gasteiger partial charge in [-0.15, -0.1) is 0 Å². The second kappa shape index (κ2) is 4.65. The van der Waals surface area contributed by atoms with E-state index in [1.807, 2.05) is 24.3 Å². The van der Waals surface area contributed by atoms with Gasteiger partial charge >= 0.3 is 0 Å². The number of nitrogens with one attached hydrogen (secondary N) is 1. The molecular formula is C12H8ClN3. The van der Waals surface area contributed by atoms with Crippen molar-refractivity contribution in [2.75, 3.05) is 5.32 Å². The summed E-state index contributed by atoms with van der Waals surface area (Å²) in [6, 6.07) is 12.9. The third-order valence-corrected chi connectivity index (χ3v) is 2.39. The molecule has 0 amide bonds. The van der Waals surface area contributed by atoms with E-state index < -0.39 is 0 Å². The monoisotopic (exact) mass is 229 g/mol. The molecule has 0 aliphatic heterocycles. The fourth-order valence-electron chi connectivity index (χ4n) is 1.30. The molecule has 0 unspecified atom stereocenters. The molecule has 0 fully saturated rings. The Balaban J connectivity index is 2.35. The van der Waals surface area contributed by atoms with Crippen molar-refractivity contribution in [1.82, 2.24) is 4.98 Å². The van der Waals surface area contributed by atoms with Gasteiger partial charge in [0.05, 0.1) is 16.4 Å². The molecule has 0 aliphatic carbocycles. The first-order valence-corrected chi connectivity index (χ1v) is 5.06. The second-order valence-electron chi connectivity index (χ2n) is 3.12. The minimum atomic E-state index is 0.349. The Morgan fingerprint density at radius 3 is 2.62 bits per heavy atom. The van der Waals surface area contributed by atoms with Crippen LogP contribution < -0.4 is 5.32 Å². The van der Waals surface area contributed by atoms with E-state index in [-0.39, 0.29) is 0 Å². The van der Waals surface area contributed by atoms with E-state index in [9.17, 15) is 0 Å². The summed E-state index contributed by atoms with van der Waals surface area (Å²) in [7, 11) is 0. The van der Waals surface area contributed by atoms with E-state index in [2.05, 4.69) is 10.3 Å². The first kappa shape index (κ1) is 10.5. The lowest BCUT2D eigenvalue weighted by molar-refractivity contribution is 1.26. The van der Waals surface area contributed by atoms with Crippen LogP contribution in [0.4, 0.5) is 11.4 Å². The van der Waals surface area contributed by atoms with Gasteiger partial charge in [0.2, 0.25) is 0 Å². The fourth-order valence-corrected chi connectivity index (χ4v) is 1.49. The van der Waals surface area contributed by atoms with Crippen molar-refractivity contribution in [1.29, 1.82) is 5.26 Å². The van der Waals surface area contributed by atoms with Gasteiger partial charge in [0.1, 0.15) is 6.07 Å². The Morgan fingerprint density at radius 1 is 1.12 bits per heavy atom. The summed E-state index contributed by atoms with van der Waals surface area (Å²) in [4.78, 5) is 3.96. The molecule has 2 aromatic rings. The van der Waals surface area contributed by atoms with Crippen molar-refractivity contribution in [2.24, 2.45) is 0 Å². The molecule has 0 aliphatic rings. The van der Waals surface area contributed by atoms with E-state index in [1.165, 1.54) is 0 Å². The molecule has 1 aromatic carbocycles. The number of rotatable bonds is 2. The van der Waals surface area contributed by atoms with Crippen LogP contribution in [0, 0.1) is 11.3 Å². The number of hydrogen-bond donors (Lipinski definition) is 1. The van der Waals surface area contributed by atoms with E-state index in [0.717, 1.165) is 5.69 Å². The van der Waals surface area contributed by atoms with Crippen LogP contribution >= 0.6 is 11.6 Å². The number of halogens is 1. The Bertz CT molecular complexity index is 546. The number of nitriles is 1. The number of nitrogens with zero attached hydrogens (tertiary/aromatic N) is 2. The van der Waals surface area contributed by atoms with Crippen LogP contribution in [0.15, 0.2) is 42.6 Å². The van der Waals surface area contributed by atoms with Crippen molar-refractivity contribution in [2.45, 2.75) is 0 Å². The van der Waals surface area contributed by atoms with Gasteiger partial charge in [-0.3, -0.25) is 0 Å². The summed E-state index contributed by atoms with van der Waals surface area (Å²) in [5.74, 6) is 0. The van der Waals surface area contributed by atoms with Gasteiger partial charge in [-0.05, 0) is 24.3 Å². The molecule has 1 aromatic heterocycles. The largest absolute Gasteiger partial charge is 0.352 e. The molecule has 0 atom stereocenters. The summed E-state index contributed by atoms with van der Waals surface area (Å²) < 4.78 is 0. The van der Waals surface area contributed by atoms with Crippen molar-refractivity contribution in [3.8, 4) is 6.07 Å². The minimum absolute atomic E-state index is 0.349. The SMILES string of the molecule is N#Cc1ncccc1Nc1ccccc1Cl. The zero-order chi connectivity index (χ0) is 11.4. The van der Waals surface area contributed by atoms with Crippen LogP contribution in [0.25, 0.3) is 0 Å². The lowest BCUT2D eigenvalue weighted by atomic mass is 10.2. The molecule has 0 saturated carbocycles. The molecule has 4 heteroatoms.